The van der Waals surface area contributed by atoms with Crippen molar-refractivity contribution in [1.29, 1.82) is 0 Å². The maximum atomic E-state index is 12.7. The standard InChI is InChI=1S/C16H21N3O4/c1-18(9-11-8-17-19(2)10-11)16(20)12-6-7-13(21-3)15(23-5)14(12)22-4/h6-8,10H,9H2,1-5H3. The molecule has 0 aliphatic heterocycles. The monoisotopic (exact) mass is 319 g/mol. The van der Waals surface area contributed by atoms with Gasteiger partial charge in [0.2, 0.25) is 5.75 Å². The third-order valence-corrected chi connectivity index (χ3v) is 3.46. The van der Waals surface area contributed by atoms with E-state index in [2.05, 4.69) is 5.10 Å². The zero-order valence-electron chi connectivity index (χ0n) is 14.0. The Morgan fingerprint density at radius 1 is 1.17 bits per heavy atom. The second-order valence-electron chi connectivity index (χ2n) is 5.07. The van der Waals surface area contributed by atoms with E-state index in [1.165, 1.54) is 21.3 Å². The molecule has 7 nitrogen and oxygen atoms in total. The number of amides is 1. The first-order chi connectivity index (χ1) is 11.0. The molecule has 7 heteroatoms. The average molecular weight is 319 g/mol. The van der Waals surface area contributed by atoms with Crippen molar-refractivity contribution in [1.82, 2.24) is 14.7 Å². The molecular weight excluding hydrogens is 298 g/mol. The molecule has 0 aliphatic rings. The Morgan fingerprint density at radius 3 is 2.39 bits per heavy atom. The van der Waals surface area contributed by atoms with Gasteiger partial charge in [-0.05, 0) is 12.1 Å². The van der Waals surface area contributed by atoms with Crippen molar-refractivity contribution in [2.24, 2.45) is 7.05 Å². The highest BCUT2D eigenvalue weighted by atomic mass is 16.5. The molecule has 0 saturated carbocycles. The first-order valence-corrected chi connectivity index (χ1v) is 7.03. The summed E-state index contributed by atoms with van der Waals surface area (Å²) in [6.07, 6.45) is 3.60. The molecule has 1 aromatic heterocycles. The molecule has 1 heterocycles. The Bertz CT molecular complexity index is 697. The van der Waals surface area contributed by atoms with Crippen LogP contribution in [0.15, 0.2) is 24.5 Å². The van der Waals surface area contributed by atoms with Gasteiger partial charge in [-0.1, -0.05) is 0 Å². The summed E-state index contributed by atoms with van der Waals surface area (Å²) in [5.41, 5.74) is 1.36. The number of carbonyl (C=O) groups is 1. The molecule has 124 valence electrons. The average Bonchev–Trinajstić information content (AvgIpc) is 2.97. The van der Waals surface area contributed by atoms with Gasteiger partial charge in [-0.2, -0.15) is 5.10 Å². The zero-order chi connectivity index (χ0) is 17.0. The van der Waals surface area contributed by atoms with E-state index in [1.54, 1.807) is 35.0 Å². The number of ether oxygens (including phenoxy) is 3. The minimum absolute atomic E-state index is 0.174. The van der Waals surface area contributed by atoms with Gasteiger partial charge in [-0.25, -0.2) is 0 Å². The fourth-order valence-corrected chi connectivity index (χ4v) is 2.37. The molecule has 0 radical (unpaired) electrons. The number of aromatic nitrogens is 2. The Labute approximate surface area is 135 Å². The van der Waals surface area contributed by atoms with Crippen LogP contribution in [-0.2, 0) is 13.6 Å². The van der Waals surface area contributed by atoms with Gasteiger partial charge in [0.05, 0.1) is 33.1 Å². The van der Waals surface area contributed by atoms with Crippen molar-refractivity contribution in [3.05, 3.63) is 35.7 Å². The highest BCUT2D eigenvalue weighted by molar-refractivity contribution is 5.98. The molecule has 0 fully saturated rings. The van der Waals surface area contributed by atoms with Crippen molar-refractivity contribution < 1.29 is 19.0 Å². The van der Waals surface area contributed by atoms with Crippen LogP contribution in [0.1, 0.15) is 15.9 Å². The SMILES string of the molecule is COc1ccc(C(=O)N(C)Cc2cnn(C)c2)c(OC)c1OC. The molecule has 0 unspecified atom stereocenters. The smallest absolute Gasteiger partial charge is 0.257 e. The first-order valence-electron chi connectivity index (χ1n) is 7.03. The first kappa shape index (κ1) is 16.7. The van der Waals surface area contributed by atoms with Gasteiger partial charge in [0.15, 0.2) is 11.5 Å². The summed E-state index contributed by atoms with van der Waals surface area (Å²) >= 11 is 0. The predicted molar refractivity (Wildman–Crippen MR) is 85.1 cm³/mol. The maximum Gasteiger partial charge on any atom is 0.257 e. The summed E-state index contributed by atoms with van der Waals surface area (Å²) in [6, 6.07) is 3.36. The number of nitrogens with zero attached hydrogens (tertiary/aromatic N) is 3. The Morgan fingerprint density at radius 2 is 1.87 bits per heavy atom. The van der Waals surface area contributed by atoms with Crippen LogP contribution in [0.25, 0.3) is 0 Å². The van der Waals surface area contributed by atoms with Crippen LogP contribution in [-0.4, -0.2) is 49.0 Å². The molecule has 1 aromatic carbocycles. The Kier molecular flexibility index (Phi) is 5.10. The second kappa shape index (κ2) is 7.04. The number of hydrogen-bond acceptors (Lipinski definition) is 5. The number of hydrogen-bond donors (Lipinski definition) is 0. The minimum Gasteiger partial charge on any atom is -0.493 e. The van der Waals surface area contributed by atoms with E-state index in [4.69, 9.17) is 14.2 Å². The van der Waals surface area contributed by atoms with Crippen molar-refractivity contribution in [3.8, 4) is 17.2 Å². The predicted octanol–water partition coefficient (Wildman–Crippen LogP) is 1.72. The lowest BCUT2D eigenvalue weighted by atomic mass is 10.1. The lowest BCUT2D eigenvalue weighted by Gasteiger charge is -2.20. The van der Waals surface area contributed by atoms with Gasteiger partial charge in [0, 0.05) is 32.4 Å². The molecular formula is C16H21N3O4. The fourth-order valence-electron chi connectivity index (χ4n) is 2.37. The van der Waals surface area contributed by atoms with Crippen LogP contribution < -0.4 is 14.2 Å². The molecule has 2 rings (SSSR count). The van der Waals surface area contributed by atoms with E-state index in [0.717, 1.165) is 5.56 Å². The van der Waals surface area contributed by atoms with Crippen LogP contribution >= 0.6 is 0 Å². The van der Waals surface area contributed by atoms with E-state index in [-0.39, 0.29) is 5.91 Å². The number of rotatable bonds is 6. The van der Waals surface area contributed by atoms with Gasteiger partial charge in [0.25, 0.3) is 5.91 Å². The Balaban J connectivity index is 2.31. The van der Waals surface area contributed by atoms with Crippen molar-refractivity contribution in [3.63, 3.8) is 0 Å². The zero-order valence-corrected chi connectivity index (χ0v) is 14.0. The van der Waals surface area contributed by atoms with Crippen LogP contribution in [0, 0.1) is 0 Å². The molecule has 0 N–H and O–H groups in total. The number of carbonyl (C=O) groups excluding carboxylic acids is 1. The van der Waals surface area contributed by atoms with Crippen molar-refractivity contribution >= 4 is 5.91 Å². The van der Waals surface area contributed by atoms with Crippen LogP contribution in [0.2, 0.25) is 0 Å². The van der Waals surface area contributed by atoms with Gasteiger partial charge < -0.3 is 19.1 Å². The summed E-state index contributed by atoms with van der Waals surface area (Å²) in [7, 11) is 8.10. The van der Waals surface area contributed by atoms with E-state index in [9.17, 15) is 4.79 Å². The largest absolute Gasteiger partial charge is 0.493 e. The quantitative estimate of drug-likeness (QED) is 0.811. The normalized spacial score (nSPS) is 10.3. The molecule has 2 aromatic rings. The van der Waals surface area contributed by atoms with Gasteiger partial charge in [-0.15, -0.1) is 0 Å². The summed E-state index contributed by atoms with van der Waals surface area (Å²) < 4.78 is 17.6. The lowest BCUT2D eigenvalue weighted by Crippen LogP contribution is -2.26. The van der Waals surface area contributed by atoms with Crippen molar-refractivity contribution in [2.45, 2.75) is 6.54 Å². The molecule has 0 saturated heterocycles. The molecule has 0 spiro atoms. The lowest BCUT2D eigenvalue weighted by molar-refractivity contribution is 0.0781. The van der Waals surface area contributed by atoms with Crippen LogP contribution in [0.4, 0.5) is 0 Å². The van der Waals surface area contributed by atoms with E-state index < -0.39 is 0 Å². The molecule has 0 atom stereocenters. The van der Waals surface area contributed by atoms with Crippen LogP contribution in [0.3, 0.4) is 0 Å². The summed E-state index contributed by atoms with van der Waals surface area (Å²) in [5, 5.41) is 4.10. The number of benzene rings is 1. The molecule has 23 heavy (non-hydrogen) atoms. The molecule has 1 amide bonds. The van der Waals surface area contributed by atoms with Crippen molar-refractivity contribution in [2.75, 3.05) is 28.4 Å². The molecule has 0 aliphatic carbocycles. The second-order valence-corrected chi connectivity index (χ2v) is 5.07. The summed E-state index contributed by atoms with van der Waals surface area (Å²) in [4.78, 5) is 14.3. The van der Waals surface area contributed by atoms with Gasteiger partial charge in [0.1, 0.15) is 0 Å². The summed E-state index contributed by atoms with van der Waals surface area (Å²) in [6.45, 7) is 0.449. The molecule has 0 bridgehead atoms. The van der Waals surface area contributed by atoms with Gasteiger partial charge >= 0.3 is 0 Å². The fraction of sp³-hybridized carbons (Fsp3) is 0.375. The maximum absolute atomic E-state index is 12.7. The Hall–Kier alpha value is -2.70. The number of aryl methyl sites for hydroxylation is 1. The topological polar surface area (TPSA) is 65.8 Å². The highest BCUT2D eigenvalue weighted by Crippen LogP contribution is 2.40. The third-order valence-electron chi connectivity index (χ3n) is 3.46. The van der Waals surface area contributed by atoms with E-state index in [0.29, 0.717) is 29.4 Å². The highest BCUT2D eigenvalue weighted by Gasteiger charge is 2.23. The van der Waals surface area contributed by atoms with Crippen LogP contribution in [0.5, 0.6) is 17.2 Å². The summed E-state index contributed by atoms with van der Waals surface area (Å²) in [5.74, 6) is 1.09. The number of methoxy groups -OCH3 is 3. The van der Waals surface area contributed by atoms with E-state index in [1.807, 2.05) is 13.2 Å². The van der Waals surface area contributed by atoms with Gasteiger partial charge in [-0.3, -0.25) is 9.48 Å². The third kappa shape index (κ3) is 3.39. The minimum atomic E-state index is -0.174. The van der Waals surface area contributed by atoms with E-state index >= 15 is 0 Å².